The van der Waals surface area contributed by atoms with E-state index in [4.69, 9.17) is 0 Å². The molecule has 1 aliphatic carbocycles. The Bertz CT molecular complexity index is 1050. The van der Waals surface area contributed by atoms with Crippen molar-refractivity contribution < 1.29 is 14.4 Å². The number of nitrogens with one attached hydrogen (secondary N) is 2. The van der Waals surface area contributed by atoms with Crippen LogP contribution in [0.2, 0.25) is 0 Å². The predicted octanol–water partition coefficient (Wildman–Crippen LogP) is 4.89. The van der Waals surface area contributed by atoms with Crippen LogP contribution in [0.15, 0.2) is 52.3 Å². The monoisotopic (exact) mass is 451 g/mol. The van der Waals surface area contributed by atoms with Crippen molar-refractivity contribution >= 4 is 35.3 Å². The molecule has 0 bridgehead atoms. The Morgan fingerprint density at radius 3 is 2.59 bits per heavy atom. The molecule has 1 saturated carbocycles. The maximum Gasteiger partial charge on any atom is 0.325 e. The van der Waals surface area contributed by atoms with Crippen molar-refractivity contribution in [3.05, 3.63) is 53.6 Å². The fraction of sp³-hybridized carbons (Fsp3) is 0.400. The molecule has 2 aromatic carbocycles. The minimum Gasteiger partial charge on any atom is -0.325 e. The van der Waals surface area contributed by atoms with Gasteiger partial charge in [0, 0.05) is 15.5 Å². The van der Waals surface area contributed by atoms with Crippen LogP contribution in [0.4, 0.5) is 10.5 Å². The lowest BCUT2D eigenvalue weighted by atomic mass is 9.73. The van der Waals surface area contributed by atoms with Crippen LogP contribution in [-0.2, 0) is 9.59 Å². The molecule has 6 nitrogen and oxygen atoms in total. The number of urea groups is 1. The molecule has 168 valence electrons. The highest BCUT2D eigenvalue weighted by atomic mass is 32.2. The summed E-state index contributed by atoms with van der Waals surface area (Å²) < 4.78 is 0. The van der Waals surface area contributed by atoms with Crippen LogP contribution in [0, 0.1) is 19.8 Å². The summed E-state index contributed by atoms with van der Waals surface area (Å²) in [5.41, 5.74) is 2.25. The SMILES string of the molecule is Cc1ccc(Sc2ccc(NC(=O)CN3C(=O)NC4(CCCCC4C)C3=O)cc2)c(C)c1. The number of anilines is 1. The molecule has 4 rings (SSSR count). The van der Waals surface area contributed by atoms with Gasteiger partial charge < -0.3 is 10.6 Å². The van der Waals surface area contributed by atoms with E-state index in [1.54, 1.807) is 11.8 Å². The van der Waals surface area contributed by atoms with Crippen LogP contribution >= 0.6 is 11.8 Å². The lowest BCUT2D eigenvalue weighted by molar-refractivity contribution is -0.136. The highest BCUT2D eigenvalue weighted by Crippen LogP contribution is 2.38. The fourth-order valence-corrected chi connectivity index (χ4v) is 5.51. The lowest BCUT2D eigenvalue weighted by Gasteiger charge is -2.36. The van der Waals surface area contributed by atoms with Gasteiger partial charge in [-0.05, 0) is 68.5 Å². The van der Waals surface area contributed by atoms with E-state index in [0.717, 1.165) is 29.1 Å². The minimum absolute atomic E-state index is 0.0722. The van der Waals surface area contributed by atoms with E-state index < -0.39 is 11.6 Å². The quantitative estimate of drug-likeness (QED) is 0.634. The first-order chi connectivity index (χ1) is 15.3. The summed E-state index contributed by atoms with van der Waals surface area (Å²) in [5.74, 6) is -0.586. The summed E-state index contributed by atoms with van der Waals surface area (Å²) in [4.78, 5) is 41.4. The first-order valence-electron chi connectivity index (χ1n) is 11.1. The van der Waals surface area contributed by atoms with E-state index in [1.807, 2.05) is 31.2 Å². The molecule has 1 spiro atoms. The molecule has 2 aromatic rings. The maximum absolute atomic E-state index is 13.0. The molecule has 7 heteroatoms. The normalized spacial score (nSPS) is 22.8. The molecular weight excluding hydrogens is 422 g/mol. The van der Waals surface area contributed by atoms with Crippen LogP contribution in [0.3, 0.4) is 0 Å². The minimum atomic E-state index is -0.845. The summed E-state index contributed by atoms with van der Waals surface area (Å²) in [6, 6.07) is 13.5. The smallest absolute Gasteiger partial charge is 0.325 e. The van der Waals surface area contributed by atoms with Gasteiger partial charge in [0.1, 0.15) is 12.1 Å². The Balaban J connectivity index is 1.37. The molecule has 2 fully saturated rings. The van der Waals surface area contributed by atoms with E-state index in [2.05, 4.69) is 42.7 Å². The third-order valence-corrected chi connectivity index (χ3v) is 7.69. The number of amides is 4. The molecule has 2 N–H and O–H groups in total. The Hall–Kier alpha value is -2.80. The van der Waals surface area contributed by atoms with Gasteiger partial charge in [-0.25, -0.2) is 4.79 Å². The van der Waals surface area contributed by atoms with Crippen LogP contribution in [0.5, 0.6) is 0 Å². The van der Waals surface area contributed by atoms with Crippen molar-refractivity contribution in [2.24, 2.45) is 5.92 Å². The first kappa shape index (κ1) is 22.4. The molecule has 0 aromatic heterocycles. The number of hydrogen-bond donors (Lipinski definition) is 2. The number of benzene rings is 2. The van der Waals surface area contributed by atoms with E-state index in [9.17, 15) is 14.4 Å². The van der Waals surface area contributed by atoms with Gasteiger partial charge in [0.2, 0.25) is 5.91 Å². The van der Waals surface area contributed by atoms with Crippen LogP contribution in [0.25, 0.3) is 0 Å². The van der Waals surface area contributed by atoms with Crippen LogP contribution in [0.1, 0.15) is 43.7 Å². The number of carbonyl (C=O) groups is 3. The van der Waals surface area contributed by atoms with Crippen molar-refractivity contribution in [1.82, 2.24) is 10.2 Å². The van der Waals surface area contributed by atoms with Crippen LogP contribution in [-0.4, -0.2) is 34.8 Å². The third kappa shape index (κ3) is 4.39. The molecule has 2 unspecified atom stereocenters. The van der Waals surface area contributed by atoms with Crippen molar-refractivity contribution in [2.45, 2.75) is 61.8 Å². The zero-order chi connectivity index (χ0) is 22.9. The van der Waals surface area contributed by atoms with Crippen molar-refractivity contribution in [3.8, 4) is 0 Å². The predicted molar refractivity (Wildman–Crippen MR) is 126 cm³/mol. The van der Waals surface area contributed by atoms with Crippen LogP contribution < -0.4 is 10.6 Å². The van der Waals surface area contributed by atoms with Gasteiger partial charge in [-0.2, -0.15) is 0 Å². The van der Waals surface area contributed by atoms with Gasteiger partial charge in [0.15, 0.2) is 0 Å². The van der Waals surface area contributed by atoms with Gasteiger partial charge in [-0.15, -0.1) is 0 Å². The number of carbonyl (C=O) groups excluding carboxylic acids is 3. The number of rotatable bonds is 5. The second kappa shape index (κ2) is 8.98. The third-order valence-electron chi connectivity index (χ3n) is 6.50. The number of imide groups is 1. The highest BCUT2D eigenvalue weighted by molar-refractivity contribution is 7.99. The first-order valence-corrected chi connectivity index (χ1v) is 11.9. The summed E-state index contributed by atoms with van der Waals surface area (Å²) in [7, 11) is 0. The number of hydrogen-bond acceptors (Lipinski definition) is 4. The molecule has 1 aliphatic heterocycles. The Morgan fingerprint density at radius 1 is 1.16 bits per heavy atom. The topological polar surface area (TPSA) is 78.5 Å². The Kier molecular flexibility index (Phi) is 6.29. The largest absolute Gasteiger partial charge is 0.325 e. The Morgan fingerprint density at radius 2 is 1.91 bits per heavy atom. The molecule has 1 heterocycles. The molecule has 32 heavy (non-hydrogen) atoms. The number of aryl methyl sites for hydroxylation is 2. The average molecular weight is 452 g/mol. The van der Waals surface area contributed by atoms with E-state index >= 15 is 0 Å². The molecule has 0 radical (unpaired) electrons. The zero-order valence-corrected chi connectivity index (χ0v) is 19.6. The van der Waals surface area contributed by atoms with Gasteiger partial charge in [0.05, 0.1) is 0 Å². The second-order valence-corrected chi connectivity index (χ2v) is 10.00. The van der Waals surface area contributed by atoms with Gasteiger partial charge in [-0.3, -0.25) is 14.5 Å². The molecular formula is C25H29N3O3S. The standard InChI is InChI=1S/C25H29N3O3S/c1-16-7-12-21(17(2)14-16)32-20-10-8-19(9-11-20)26-22(29)15-28-23(30)25(27-24(28)31)13-5-4-6-18(25)3/h7-12,14,18H,4-6,13,15H2,1-3H3,(H,26,29)(H,27,31). The molecule has 1 saturated heterocycles. The Labute approximate surface area is 193 Å². The van der Waals surface area contributed by atoms with Gasteiger partial charge in [0.25, 0.3) is 5.91 Å². The fourth-order valence-electron chi connectivity index (χ4n) is 4.63. The van der Waals surface area contributed by atoms with E-state index in [0.29, 0.717) is 12.1 Å². The average Bonchev–Trinajstić information content (AvgIpc) is 2.98. The van der Waals surface area contributed by atoms with Crippen molar-refractivity contribution in [1.29, 1.82) is 0 Å². The summed E-state index contributed by atoms with van der Waals surface area (Å²) in [5, 5.41) is 5.68. The second-order valence-electron chi connectivity index (χ2n) is 8.88. The summed E-state index contributed by atoms with van der Waals surface area (Å²) in [6.45, 7) is 5.89. The molecule has 2 atom stereocenters. The van der Waals surface area contributed by atoms with E-state index in [1.165, 1.54) is 16.0 Å². The maximum atomic E-state index is 13.0. The van der Waals surface area contributed by atoms with Gasteiger partial charge in [-0.1, -0.05) is 49.2 Å². The number of nitrogens with zero attached hydrogens (tertiary/aromatic N) is 1. The zero-order valence-electron chi connectivity index (χ0n) is 18.7. The summed E-state index contributed by atoms with van der Waals surface area (Å²) >= 11 is 1.67. The van der Waals surface area contributed by atoms with E-state index in [-0.39, 0.29) is 24.3 Å². The lowest BCUT2D eigenvalue weighted by Crippen LogP contribution is -2.54. The summed E-state index contributed by atoms with van der Waals surface area (Å²) in [6.07, 6.45) is 3.50. The van der Waals surface area contributed by atoms with Crippen molar-refractivity contribution in [2.75, 3.05) is 11.9 Å². The highest BCUT2D eigenvalue weighted by Gasteiger charge is 2.55. The van der Waals surface area contributed by atoms with Crippen molar-refractivity contribution in [3.63, 3.8) is 0 Å². The van der Waals surface area contributed by atoms with Gasteiger partial charge >= 0.3 is 6.03 Å². The molecule has 2 aliphatic rings. The molecule has 4 amide bonds.